The summed E-state index contributed by atoms with van der Waals surface area (Å²) in [6.07, 6.45) is 4.47. The maximum atomic E-state index is 12.0. The predicted molar refractivity (Wildman–Crippen MR) is 226 cm³/mol. The Hall–Kier alpha value is -3.56. The zero-order valence-corrected chi connectivity index (χ0v) is 35.2. The van der Waals surface area contributed by atoms with Crippen molar-refractivity contribution in [3.63, 3.8) is 0 Å². The highest BCUT2D eigenvalue weighted by Gasteiger charge is 2.13. The second-order valence-electron chi connectivity index (χ2n) is 13.6. The Morgan fingerprint density at radius 3 is 1.91 bits per heavy atom. The van der Waals surface area contributed by atoms with E-state index in [1.807, 2.05) is 75.3 Å². The number of halogens is 1. The first-order valence-corrected chi connectivity index (χ1v) is 19.1. The van der Waals surface area contributed by atoms with Crippen LogP contribution in [0.3, 0.4) is 0 Å². The molecular formula is C44H69ClN4O4. The second-order valence-corrected chi connectivity index (χ2v) is 13.6. The first-order chi connectivity index (χ1) is 24.9. The van der Waals surface area contributed by atoms with Gasteiger partial charge in [0.25, 0.3) is 0 Å². The molecule has 0 aliphatic heterocycles. The summed E-state index contributed by atoms with van der Waals surface area (Å²) in [7, 11) is 3.90. The Balaban J connectivity index is 0.000000761. The number of Topliss-reactive ketones (excluding diaryl/α,β-unsaturated/α-hetero) is 2. The van der Waals surface area contributed by atoms with E-state index in [-0.39, 0.29) is 30.2 Å². The maximum absolute atomic E-state index is 12.0. The SMILES string of the molecule is CCCCNc1ccc(C(=O)OCCN(C)C)cc1.CCCNC(C)C(=O)Cc1ccccc1C.CCN(CC)CC(=O)Cc1c(C)cccc1C.Cl. The Morgan fingerprint density at radius 1 is 0.755 bits per heavy atom. The van der Waals surface area contributed by atoms with Gasteiger partial charge in [-0.25, -0.2) is 4.79 Å². The molecule has 3 rings (SSSR count). The van der Waals surface area contributed by atoms with Crippen LogP contribution in [0.4, 0.5) is 5.69 Å². The van der Waals surface area contributed by atoms with E-state index in [1.54, 1.807) is 12.1 Å². The van der Waals surface area contributed by atoms with Crippen molar-refractivity contribution in [1.82, 2.24) is 15.1 Å². The van der Waals surface area contributed by atoms with E-state index in [9.17, 15) is 14.4 Å². The lowest BCUT2D eigenvalue weighted by atomic mass is 9.98. The average molecular weight is 754 g/mol. The molecule has 3 aromatic rings. The molecule has 53 heavy (non-hydrogen) atoms. The number of ether oxygens (including phenoxy) is 1. The smallest absolute Gasteiger partial charge is 0.338 e. The van der Waals surface area contributed by atoms with Crippen LogP contribution in [0.1, 0.15) is 92.1 Å². The minimum atomic E-state index is -0.262. The summed E-state index contributed by atoms with van der Waals surface area (Å²) in [5, 5.41) is 6.53. The van der Waals surface area contributed by atoms with Crippen molar-refractivity contribution in [2.75, 3.05) is 65.3 Å². The van der Waals surface area contributed by atoms with Gasteiger partial charge in [0.2, 0.25) is 0 Å². The van der Waals surface area contributed by atoms with Crippen LogP contribution in [0.25, 0.3) is 0 Å². The summed E-state index contributed by atoms with van der Waals surface area (Å²) in [6, 6.07) is 21.6. The van der Waals surface area contributed by atoms with Crippen LogP contribution in [0.5, 0.6) is 0 Å². The summed E-state index contributed by atoms with van der Waals surface area (Å²) in [5.41, 5.74) is 7.61. The number of carbonyl (C=O) groups is 3. The summed E-state index contributed by atoms with van der Waals surface area (Å²) in [6.45, 7) is 22.1. The maximum Gasteiger partial charge on any atom is 0.338 e. The quantitative estimate of drug-likeness (QED) is 0.0881. The predicted octanol–water partition coefficient (Wildman–Crippen LogP) is 8.29. The lowest BCUT2D eigenvalue weighted by Crippen LogP contribution is -2.35. The molecule has 0 aromatic heterocycles. The van der Waals surface area contributed by atoms with E-state index in [1.165, 1.54) is 28.7 Å². The third-order valence-electron chi connectivity index (χ3n) is 8.87. The second kappa shape index (κ2) is 28.9. The van der Waals surface area contributed by atoms with Crippen LogP contribution in [-0.4, -0.2) is 93.3 Å². The molecule has 0 fully saturated rings. The summed E-state index contributed by atoms with van der Waals surface area (Å²) >= 11 is 0. The Bertz CT molecular complexity index is 1440. The van der Waals surface area contributed by atoms with Gasteiger partial charge in [-0.05, 0) is 126 Å². The topological polar surface area (TPSA) is 91.0 Å². The Morgan fingerprint density at radius 2 is 1.36 bits per heavy atom. The highest BCUT2D eigenvalue weighted by molar-refractivity contribution is 5.89. The first-order valence-electron chi connectivity index (χ1n) is 19.1. The number of nitrogens with one attached hydrogen (secondary N) is 2. The van der Waals surface area contributed by atoms with Crippen molar-refractivity contribution in [2.45, 2.75) is 93.5 Å². The molecule has 0 bridgehead atoms. The first kappa shape index (κ1) is 49.4. The minimum absolute atomic E-state index is 0. The van der Waals surface area contributed by atoms with Gasteiger partial charge in [-0.15, -0.1) is 12.4 Å². The number of anilines is 1. The van der Waals surface area contributed by atoms with E-state index < -0.39 is 0 Å². The van der Waals surface area contributed by atoms with Gasteiger partial charge < -0.3 is 20.3 Å². The van der Waals surface area contributed by atoms with Crippen LogP contribution in [-0.2, 0) is 27.2 Å². The van der Waals surface area contributed by atoms with E-state index in [2.05, 4.69) is 69.2 Å². The fourth-order valence-corrected chi connectivity index (χ4v) is 5.24. The summed E-state index contributed by atoms with van der Waals surface area (Å²) in [5.74, 6) is 0.316. The van der Waals surface area contributed by atoms with Gasteiger partial charge in [0, 0.05) is 31.6 Å². The number of rotatable bonds is 20. The molecule has 0 saturated carbocycles. The van der Waals surface area contributed by atoms with Crippen molar-refractivity contribution in [1.29, 1.82) is 0 Å². The fourth-order valence-electron chi connectivity index (χ4n) is 5.24. The van der Waals surface area contributed by atoms with E-state index in [0.29, 0.717) is 37.3 Å². The molecule has 296 valence electrons. The van der Waals surface area contributed by atoms with E-state index in [0.717, 1.165) is 56.8 Å². The molecule has 2 N–H and O–H groups in total. The number of esters is 1. The fraction of sp³-hybridized carbons (Fsp3) is 0.523. The number of likely N-dealkylation sites (N-methyl/N-ethyl adjacent to an activating group) is 2. The van der Waals surface area contributed by atoms with Crippen LogP contribution in [0, 0.1) is 20.8 Å². The van der Waals surface area contributed by atoms with Crippen LogP contribution >= 0.6 is 12.4 Å². The van der Waals surface area contributed by atoms with E-state index in [4.69, 9.17) is 4.74 Å². The molecule has 0 saturated heterocycles. The summed E-state index contributed by atoms with van der Waals surface area (Å²) < 4.78 is 5.18. The molecule has 1 unspecified atom stereocenters. The minimum Gasteiger partial charge on any atom is -0.461 e. The van der Waals surface area contributed by atoms with Crippen LogP contribution in [0.2, 0.25) is 0 Å². The third-order valence-corrected chi connectivity index (χ3v) is 8.87. The normalized spacial score (nSPS) is 11.0. The zero-order valence-electron chi connectivity index (χ0n) is 34.3. The number of ketones is 2. The van der Waals surface area contributed by atoms with Gasteiger partial charge in [0.05, 0.1) is 18.2 Å². The molecular weight excluding hydrogens is 684 g/mol. The number of hydrogen-bond donors (Lipinski definition) is 2. The van der Waals surface area contributed by atoms with Crippen LogP contribution in [0.15, 0.2) is 66.7 Å². The lowest BCUT2D eigenvalue weighted by Gasteiger charge is -2.17. The van der Waals surface area contributed by atoms with Crippen molar-refractivity contribution in [2.24, 2.45) is 0 Å². The zero-order chi connectivity index (χ0) is 38.9. The molecule has 0 heterocycles. The van der Waals surface area contributed by atoms with Crippen molar-refractivity contribution < 1.29 is 19.1 Å². The van der Waals surface area contributed by atoms with Gasteiger partial charge in [-0.2, -0.15) is 0 Å². The number of aryl methyl sites for hydroxylation is 3. The standard InChI is InChI=1S/C15H24N2O2.C15H23NO.C14H21NO.ClH/c1-4-5-10-16-14-8-6-13(7-9-14)15(18)19-12-11-17(2)3;1-5-16(6-2)11-14(17)10-15-12(3)8-7-9-13(15)4;1-4-9-15-12(3)14(16)10-13-8-6-5-7-11(13)2;/h6-9,16H,4-5,10-12H2,1-3H3;7-9H,5-6,10-11H2,1-4H3;5-8,12,15H,4,9-10H2,1-3H3;1H. The highest BCUT2D eigenvalue weighted by atomic mass is 35.5. The van der Waals surface area contributed by atoms with Gasteiger partial charge in [0.1, 0.15) is 6.61 Å². The van der Waals surface area contributed by atoms with E-state index >= 15 is 0 Å². The Kier molecular flexibility index (Phi) is 26.9. The third kappa shape index (κ3) is 21.1. The summed E-state index contributed by atoms with van der Waals surface area (Å²) in [4.78, 5) is 39.8. The molecule has 0 radical (unpaired) electrons. The lowest BCUT2D eigenvalue weighted by molar-refractivity contribution is -0.120. The molecule has 0 aliphatic rings. The van der Waals surface area contributed by atoms with Crippen molar-refractivity contribution >= 4 is 35.6 Å². The number of nitrogens with zero attached hydrogens (tertiary/aromatic N) is 2. The molecule has 8 nitrogen and oxygen atoms in total. The molecule has 3 aromatic carbocycles. The van der Waals surface area contributed by atoms with Gasteiger partial charge in [0.15, 0.2) is 11.6 Å². The molecule has 0 amide bonds. The average Bonchev–Trinajstić information content (AvgIpc) is 3.12. The number of benzene rings is 3. The Labute approximate surface area is 327 Å². The van der Waals surface area contributed by atoms with Crippen molar-refractivity contribution in [3.8, 4) is 0 Å². The van der Waals surface area contributed by atoms with Gasteiger partial charge in [-0.1, -0.05) is 76.6 Å². The van der Waals surface area contributed by atoms with Crippen LogP contribution < -0.4 is 10.6 Å². The number of unbranched alkanes of at least 4 members (excludes halogenated alkanes) is 1. The van der Waals surface area contributed by atoms with Crippen molar-refractivity contribution in [3.05, 3.63) is 100 Å². The van der Waals surface area contributed by atoms with Gasteiger partial charge in [-0.3, -0.25) is 14.5 Å². The number of hydrogen-bond acceptors (Lipinski definition) is 8. The molecule has 9 heteroatoms. The highest BCUT2D eigenvalue weighted by Crippen LogP contribution is 2.15. The molecule has 1 atom stereocenters. The monoisotopic (exact) mass is 753 g/mol. The number of carbonyl (C=O) groups excluding carboxylic acids is 3. The van der Waals surface area contributed by atoms with Gasteiger partial charge >= 0.3 is 5.97 Å². The molecule has 0 spiro atoms. The molecule has 0 aliphatic carbocycles. The largest absolute Gasteiger partial charge is 0.461 e.